The minimum Gasteiger partial charge on any atom is -0.451 e. The van der Waals surface area contributed by atoms with Gasteiger partial charge in [-0.25, -0.2) is 4.79 Å². The van der Waals surface area contributed by atoms with Gasteiger partial charge in [-0.05, 0) is 51.2 Å². The fourth-order valence-electron chi connectivity index (χ4n) is 3.08. The van der Waals surface area contributed by atoms with E-state index in [2.05, 4.69) is 0 Å². The minimum atomic E-state index is -0.726. The van der Waals surface area contributed by atoms with Crippen LogP contribution in [-0.4, -0.2) is 22.8 Å². The molecule has 2 aromatic rings. The fourth-order valence-corrected chi connectivity index (χ4v) is 3.08. The quantitative estimate of drug-likeness (QED) is 0.641. The van der Waals surface area contributed by atoms with Crippen LogP contribution < -0.4 is 0 Å². The van der Waals surface area contributed by atoms with Crippen LogP contribution in [-0.2, 0) is 22.4 Å². The van der Waals surface area contributed by atoms with Gasteiger partial charge in [0.2, 0.25) is 0 Å². The van der Waals surface area contributed by atoms with Crippen LogP contribution in [0.4, 0.5) is 0 Å². The third-order valence-corrected chi connectivity index (χ3v) is 4.48. The van der Waals surface area contributed by atoms with Gasteiger partial charge in [0.15, 0.2) is 11.9 Å². The maximum atomic E-state index is 12.8. The van der Waals surface area contributed by atoms with Crippen molar-refractivity contribution in [1.82, 2.24) is 4.98 Å². The summed E-state index contributed by atoms with van der Waals surface area (Å²) in [6, 6.07) is 7.65. The normalized spacial score (nSPS) is 15.6. The molecule has 4 heteroatoms. The van der Waals surface area contributed by atoms with Crippen molar-refractivity contribution >= 4 is 22.7 Å². The number of nitrogens with zero attached hydrogens (tertiary/aromatic N) is 1. The van der Waals surface area contributed by atoms with Crippen molar-refractivity contribution < 1.29 is 14.3 Å². The van der Waals surface area contributed by atoms with E-state index in [-0.39, 0.29) is 5.78 Å². The molecular formula is C19H21NO3. The molecule has 0 radical (unpaired) electrons. The number of hydrogen-bond acceptors (Lipinski definition) is 4. The third-order valence-electron chi connectivity index (χ3n) is 4.48. The fraction of sp³-hybridized carbons (Fsp3) is 0.421. The van der Waals surface area contributed by atoms with E-state index in [0.29, 0.717) is 5.56 Å². The molecule has 0 aliphatic heterocycles. The topological polar surface area (TPSA) is 56.3 Å². The highest BCUT2D eigenvalue weighted by Crippen LogP contribution is 2.29. The molecule has 1 heterocycles. The second-order valence-corrected chi connectivity index (χ2v) is 6.15. The molecule has 1 aliphatic carbocycles. The predicted octanol–water partition coefficient (Wildman–Crippen LogP) is 3.64. The van der Waals surface area contributed by atoms with Gasteiger partial charge in [0.05, 0.1) is 11.1 Å². The Morgan fingerprint density at radius 1 is 1.13 bits per heavy atom. The monoisotopic (exact) mass is 311 g/mol. The molecule has 1 aliphatic rings. The Kier molecular flexibility index (Phi) is 4.42. The van der Waals surface area contributed by atoms with Gasteiger partial charge in [-0.2, -0.15) is 0 Å². The molecule has 1 aromatic heterocycles. The summed E-state index contributed by atoms with van der Waals surface area (Å²) in [5.74, 6) is -0.563. The lowest BCUT2D eigenvalue weighted by Crippen LogP contribution is -2.23. The van der Waals surface area contributed by atoms with E-state index in [1.807, 2.05) is 24.3 Å². The summed E-state index contributed by atoms with van der Waals surface area (Å²) in [5, 5.41) is 0.814. The Morgan fingerprint density at radius 2 is 1.87 bits per heavy atom. The van der Waals surface area contributed by atoms with E-state index in [0.717, 1.165) is 54.3 Å². The Balaban J connectivity index is 2.14. The first kappa shape index (κ1) is 15.7. The van der Waals surface area contributed by atoms with Crippen LogP contribution in [0.15, 0.2) is 24.3 Å². The summed E-state index contributed by atoms with van der Waals surface area (Å²) < 4.78 is 5.40. The largest absolute Gasteiger partial charge is 0.451 e. The van der Waals surface area contributed by atoms with E-state index in [4.69, 9.17) is 9.72 Å². The van der Waals surface area contributed by atoms with Gasteiger partial charge in [-0.15, -0.1) is 0 Å². The van der Waals surface area contributed by atoms with Gasteiger partial charge in [-0.3, -0.25) is 9.78 Å². The smallest absolute Gasteiger partial charge is 0.339 e. The first-order valence-corrected chi connectivity index (χ1v) is 8.20. The Bertz CT molecular complexity index is 767. The van der Waals surface area contributed by atoms with Crippen molar-refractivity contribution in [2.24, 2.45) is 0 Å². The summed E-state index contributed by atoms with van der Waals surface area (Å²) in [5.41, 5.74) is 3.42. The number of fused-ring (bicyclic) bond motifs is 2. The lowest BCUT2D eigenvalue weighted by molar-refractivity contribution is -0.124. The summed E-state index contributed by atoms with van der Waals surface area (Å²) in [6.07, 6.45) is 4.29. The SMILES string of the molecule is CC(=O)[C@H](C)OC(=O)c1c2c(nc3ccccc13)CCCCC2. The van der Waals surface area contributed by atoms with Crippen LogP contribution in [0.3, 0.4) is 0 Å². The molecule has 0 spiro atoms. The second kappa shape index (κ2) is 6.49. The number of aromatic nitrogens is 1. The number of para-hydroxylation sites is 1. The second-order valence-electron chi connectivity index (χ2n) is 6.15. The van der Waals surface area contributed by atoms with E-state index in [1.165, 1.54) is 6.92 Å². The van der Waals surface area contributed by atoms with Crippen molar-refractivity contribution in [2.45, 2.75) is 52.1 Å². The number of benzene rings is 1. The van der Waals surface area contributed by atoms with E-state index >= 15 is 0 Å². The number of carbonyl (C=O) groups is 2. The molecule has 0 amide bonds. The lowest BCUT2D eigenvalue weighted by atomic mass is 9.97. The Hall–Kier alpha value is -2.23. The number of carbonyl (C=O) groups excluding carboxylic acids is 2. The molecule has 23 heavy (non-hydrogen) atoms. The molecule has 1 aromatic carbocycles. The van der Waals surface area contributed by atoms with Crippen LogP contribution >= 0.6 is 0 Å². The summed E-state index contributed by atoms with van der Waals surface area (Å²) >= 11 is 0. The number of hydrogen-bond donors (Lipinski definition) is 0. The highest BCUT2D eigenvalue weighted by Gasteiger charge is 2.24. The summed E-state index contributed by atoms with van der Waals surface area (Å²) in [7, 11) is 0. The zero-order chi connectivity index (χ0) is 16.4. The van der Waals surface area contributed by atoms with Gasteiger partial charge >= 0.3 is 5.97 Å². The van der Waals surface area contributed by atoms with Crippen LogP contribution in [0.5, 0.6) is 0 Å². The molecule has 0 N–H and O–H groups in total. The van der Waals surface area contributed by atoms with Gasteiger partial charge in [0.25, 0.3) is 0 Å². The standard InChI is InChI=1S/C19H21NO3/c1-12(21)13(2)23-19(22)18-14-8-4-3-5-10-16(14)20-17-11-7-6-9-15(17)18/h6-7,9,11,13H,3-5,8,10H2,1-2H3/t13-/m0/s1. The van der Waals surface area contributed by atoms with Crippen LogP contribution in [0.1, 0.15) is 54.7 Å². The number of ether oxygens (including phenoxy) is 1. The first-order valence-electron chi connectivity index (χ1n) is 8.20. The molecule has 0 fully saturated rings. The average molecular weight is 311 g/mol. The van der Waals surface area contributed by atoms with E-state index in [9.17, 15) is 9.59 Å². The molecule has 3 rings (SSSR count). The summed E-state index contributed by atoms with van der Waals surface area (Å²) in [4.78, 5) is 28.9. The molecular weight excluding hydrogens is 290 g/mol. The van der Waals surface area contributed by atoms with Gasteiger partial charge in [-0.1, -0.05) is 24.6 Å². The number of rotatable bonds is 3. The predicted molar refractivity (Wildman–Crippen MR) is 88.6 cm³/mol. The van der Waals surface area contributed by atoms with Crippen molar-refractivity contribution in [2.75, 3.05) is 0 Å². The van der Waals surface area contributed by atoms with Crippen molar-refractivity contribution in [3.63, 3.8) is 0 Å². The first-order chi connectivity index (χ1) is 11.1. The van der Waals surface area contributed by atoms with E-state index in [1.54, 1.807) is 6.92 Å². The van der Waals surface area contributed by atoms with Gasteiger partial charge < -0.3 is 4.74 Å². The third kappa shape index (κ3) is 3.11. The number of ketones is 1. The number of esters is 1. The molecule has 0 saturated carbocycles. The molecule has 120 valence electrons. The minimum absolute atomic E-state index is 0.150. The zero-order valence-electron chi connectivity index (χ0n) is 13.6. The Labute approximate surface area is 135 Å². The molecule has 0 saturated heterocycles. The highest BCUT2D eigenvalue weighted by atomic mass is 16.5. The highest BCUT2D eigenvalue weighted by molar-refractivity contribution is 6.05. The van der Waals surface area contributed by atoms with Crippen molar-refractivity contribution in [3.05, 3.63) is 41.1 Å². The van der Waals surface area contributed by atoms with Gasteiger partial charge in [0.1, 0.15) is 0 Å². The van der Waals surface area contributed by atoms with Crippen molar-refractivity contribution in [3.8, 4) is 0 Å². The number of pyridine rings is 1. The maximum Gasteiger partial charge on any atom is 0.339 e. The molecule has 4 nitrogen and oxygen atoms in total. The average Bonchev–Trinajstić information content (AvgIpc) is 2.77. The number of aryl methyl sites for hydroxylation is 1. The molecule has 0 bridgehead atoms. The maximum absolute atomic E-state index is 12.8. The van der Waals surface area contributed by atoms with Gasteiger partial charge in [0, 0.05) is 11.1 Å². The van der Waals surface area contributed by atoms with Crippen LogP contribution in [0, 0.1) is 0 Å². The van der Waals surface area contributed by atoms with Crippen LogP contribution in [0.2, 0.25) is 0 Å². The number of Topliss-reactive ketones (excluding diaryl/α,β-unsaturated/α-hetero) is 1. The summed E-state index contributed by atoms with van der Waals surface area (Å²) in [6.45, 7) is 3.05. The lowest BCUT2D eigenvalue weighted by Gasteiger charge is -2.16. The Morgan fingerprint density at radius 3 is 2.65 bits per heavy atom. The van der Waals surface area contributed by atoms with Crippen molar-refractivity contribution in [1.29, 1.82) is 0 Å². The zero-order valence-corrected chi connectivity index (χ0v) is 13.6. The van der Waals surface area contributed by atoms with E-state index < -0.39 is 12.1 Å². The molecule has 1 atom stereocenters. The molecule has 0 unspecified atom stereocenters. The van der Waals surface area contributed by atoms with Crippen LogP contribution in [0.25, 0.3) is 10.9 Å².